The summed E-state index contributed by atoms with van der Waals surface area (Å²) in [6, 6.07) is -0.467. The second-order valence-electron chi connectivity index (χ2n) is 2.71. The predicted molar refractivity (Wildman–Crippen MR) is 42.0 cm³/mol. The van der Waals surface area contributed by atoms with E-state index >= 15 is 0 Å². The molecular formula is C6H14N4O. The number of nitrogens with two attached hydrogens (primary N) is 1. The molecule has 1 heterocycles. The van der Waals surface area contributed by atoms with Crippen LogP contribution in [-0.4, -0.2) is 43.8 Å². The van der Waals surface area contributed by atoms with Crippen molar-refractivity contribution in [2.45, 2.75) is 6.17 Å². The molecule has 0 aliphatic carbocycles. The van der Waals surface area contributed by atoms with E-state index < -0.39 is 6.03 Å². The first kappa shape index (κ1) is 8.29. The van der Waals surface area contributed by atoms with Crippen LogP contribution in [-0.2, 0) is 0 Å². The van der Waals surface area contributed by atoms with Crippen molar-refractivity contribution in [3.8, 4) is 0 Å². The van der Waals surface area contributed by atoms with Crippen molar-refractivity contribution in [3.63, 3.8) is 0 Å². The van der Waals surface area contributed by atoms with Crippen LogP contribution in [0.2, 0.25) is 0 Å². The fourth-order valence-corrected chi connectivity index (χ4v) is 1.13. The van der Waals surface area contributed by atoms with E-state index in [2.05, 4.69) is 15.5 Å². The van der Waals surface area contributed by atoms with Gasteiger partial charge in [-0.15, -0.1) is 0 Å². The molecule has 0 radical (unpaired) electrons. The quantitative estimate of drug-likeness (QED) is 0.435. The summed E-state index contributed by atoms with van der Waals surface area (Å²) in [5, 5.41) is 5.79. The molecule has 1 unspecified atom stereocenters. The molecular weight excluding hydrogens is 144 g/mol. The van der Waals surface area contributed by atoms with Gasteiger partial charge >= 0.3 is 6.03 Å². The fraction of sp³-hybridized carbons (Fsp3) is 0.833. The minimum absolute atomic E-state index is 0.0428. The Morgan fingerprint density at radius 1 is 1.82 bits per heavy atom. The number of carbonyl (C=O) groups excluding carboxylic acids is 1. The lowest BCUT2D eigenvalue weighted by atomic mass is 10.3. The number of urea groups is 1. The van der Waals surface area contributed by atoms with Crippen molar-refractivity contribution < 1.29 is 4.79 Å². The lowest BCUT2D eigenvalue weighted by molar-refractivity contribution is 0.169. The molecule has 1 rings (SSSR count). The lowest BCUT2D eigenvalue weighted by Crippen LogP contribution is -2.58. The molecule has 1 aliphatic heterocycles. The highest BCUT2D eigenvalue weighted by Gasteiger charge is 2.18. The van der Waals surface area contributed by atoms with Gasteiger partial charge in [-0.05, 0) is 7.05 Å². The van der Waals surface area contributed by atoms with Crippen LogP contribution >= 0.6 is 0 Å². The van der Waals surface area contributed by atoms with Crippen LogP contribution in [0.3, 0.4) is 0 Å². The van der Waals surface area contributed by atoms with Crippen LogP contribution in [0.1, 0.15) is 0 Å². The summed E-state index contributed by atoms with van der Waals surface area (Å²) in [5.74, 6) is 0. The number of hydrogen-bond donors (Lipinski definition) is 3. The molecule has 64 valence electrons. The molecule has 5 heteroatoms. The number of rotatable bonds is 1. The minimum atomic E-state index is -0.467. The number of nitrogens with zero attached hydrogens (tertiary/aromatic N) is 1. The van der Waals surface area contributed by atoms with Gasteiger partial charge in [0.2, 0.25) is 0 Å². The largest absolute Gasteiger partial charge is 0.352 e. The van der Waals surface area contributed by atoms with Gasteiger partial charge in [-0.25, -0.2) is 4.79 Å². The topological polar surface area (TPSA) is 70.4 Å². The highest BCUT2D eigenvalue weighted by atomic mass is 16.2. The number of primary amides is 1. The van der Waals surface area contributed by atoms with Crippen LogP contribution in [0.25, 0.3) is 0 Å². The predicted octanol–water partition coefficient (Wildman–Crippen LogP) is -1.48. The first-order valence-corrected chi connectivity index (χ1v) is 3.67. The molecule has 1 fully saturated rings. The van der Waals surface area contributed by atoms with Gasteiger partial charge in [-0.2, -0.15) is 0 Å². The van der Waals surface area contributed by atoms with Gasteiger partial charge in [-0.3, -0.25) is 4.90 Å². The van der Waals surface area contributed by atoms with E-state index in [0.717, 1.165) is 19.6 Å². The monoisotopic (exact) mass is 158 g/mol. The molecule has 5 nitrogen and oxygen atoms in total. The van der Waals surface area contributed by atoms with Crippen LogP contribution in [0.5, 0.6) is 0 Å². The zero-order valence-corrected chi connectivity index (χ0v) is 6.63. The Labute approximate surface area is 65.9 Å². The van der Waals surface area contributed by atoms with E-state index in [-0.39, 0.29) is 6.17 Å². The number of hydrogen-bond acceptors (Lipinski definition) is 3. The molecule has 1 saturated heterocycles. The second kappa shape index (κ2) is 3.54. The van der Waals surface area contributed by atoms with Gasteiger partial charge in [0.05, 0.1) is 6.17 Å². The molecule has 0 bridgehead atoms. The van der Waals surface area contributed by atoms with E-state index in [9.17, 15) is 4.79 Å². The van der Waals surface area contributed by atoms with Crippen molar-refractivity contribution >= 4 is 6.03 Å². The van der Waals surface area contributed by atoms with Gasteiger partial charge in [-0.1, -0.05) is 0 Å². The normalized spacial score (nSPS) is 26.5. The molecule has 0 aromatic rings. The Balaban J connectivity index is 2.35. The molecule has 0 saturated carbocycles. The van der Waals surface area contributed by atoms with Gasteiger partial charge in [0, 0.05) is 19.6 Å². The summed E-state index contributed by atoms with van der Waals surface area (Å²) in [6.07, 6.45) is 0.0428. The number of amides is 2. The number of piperazine rings is 1. The van der Waals surface area contributed by atoms with Gasteiger partial charge < -0.3 is 16.4 Å². The molecule has 11 heavy (non-hydrogen) atoms. The lowest BCUT2D eigenvalue weighted by Gasteiger charge is -2.32. The zero-order valence-electron chi connectivity index (χ0n) is 6.63. The van der Waals surface area contributed by atoms with E-state index in [4.69, 9.17) is 5.73 Å². The smallest absolute Gasteiger partial charge is 0.313 e. The van der Waals surface area contributed by atoms with Crippen LogP contribution < -0.4 is 16.4 Å². The molecule has 1 aliphatic rings. The average Bonchev–Trinajstić information content (AvgIpc) is 1.93. The number of nitrogens with one attached hydrogen (secondary N) is 2. The Morgan fingerprint density at radius 2 is 2.55 bits per heavy atom. The Bertz CT molecular complexity index is 150. The Hall–Kier alpha value is -0.810. The third kappa shape index (κ3) is 2.36. The van der Waals surface area contributed by atoms with E-state index in [1.54, 1.807) is 0 Å². The van der Waals surface area contributed by atoms with Crippen LogP contribution in [0.15, 0.2) is 0 Å². The third-order valence-corrected chi connectivity index (χ3v) is 1.82. The first-order valence-electron chi connectivity index (χ1n) is 3.67. The van der Waals surface area contributed by atoms with Gasteiger partial charge in [0.15, 0.2) is 0 Å². The molecule has 0 spiro atoms. The molecule has 0 aromatic carbocycles. The van der Waals surface area contributed by atoms with Crippen molar-refractivity contribution in [2.75, 3.05) is 26.7 Å². The summed E-state index contributed by atoms with van der Waals surface area (Å²) in [4.78, 5) is 12.5. The molecule has 1 atom stereocenters. The van der Waals surface area contributed by atoms with Crippen molar-refractivity contribution in [1.82, 2.24) is 15.5 Å². The highest BCUT2D eigenvalue weighted by molar-refractivity contribution is 5.71. The third-order valence-electron chi connectivity index (χ3n) is 1.82. The zero-order chi connectivity index (χ0) is 8.27. The van der Waals surface area contributed by atoms with Crippen LogP contribution in [0.4, 0.5) is 4.79 Å². The standard InChI is InChI=1S/C6H14N4O/c1-10-3-2-8-4-5(10)9-6(7)11/h5,8H,2-4H2,1H3,(H3,7,9,11). The van der Waals surface area contributed by atoms with Crippen molar-refractivity contribution in [1.29, 1.82) is 0 Å². The summed E-state index contributed by atoms with van der Waals surface area (Å²) in [6.45, 7) is 2.66. The van der Waals surface area contributed by atoms with E-state index in [0.29, 0.717) is 0 Å². The fourth-order valence-electron chi connectivity index (χ4n) is 1.13. The summed E-state index contributed by atoms with van der Waals surface area (Å²) < 4.78 is 0. The minimum Gasteiger partial charge on any atom is -0.352 e. The highest BCUT2D eigenvalue weighted by Crippen LogP contribution is 1.94. The second-order valence-corrected chi connectivity index (χ2v) is 2.71. The van der Waals surface area contributed by atoms with Crippen LogP contribution in [0, 0.1) is 0 Å². The summed E-state index contributed by atoms with van der Waals surface area (Å²) in [5.41, 5.74) is 4.98. The number of carbonyl (C=O) groups is 1. The van der Waals surface area contributed by atoms with E-state index in [1.165, 1.54) is 0 Å². The maximum absolute atomic E-state index is 10.5. The van der Waals surface area contributed by atoms with Gasteiger partial charge in [0.25, 0.3) is 0 Å². The summed E-state index contributed by atoms with van der Waals surface area (Å²) >= 11 is 0. The first-order chi connectivity index (χ1) is 5.20. The van der Waals surface area contributed by atoms with Crippen molar-refractivity contribution in [2.24, 2.45) is 5.73 Å². The molecule has 4 N–H and O–H groups in total. The summed E-state index contributed by atoms with van der Waals surface area (Å²) in [7, 11) is 1.96. The number of likely N-dealkylation sites (N-methyl/N-ethyl adjacent to an activating group) is 1. The molecule has 0 aromatic heterocycles. The average molecular weight is 158 g/mol. The maximum Gasteiger partial charge on any atom is 0.313 e. The maximum atomic E-state index is 10.5. The Morgan fingerprint density at radius 3 is 3.09 bits per heavy atom. The van der Waals surface area contributed by atoms with Gasteiger partial charge in [0.1, 0.15) is 0 Å². The SMILES string of the molecule is CN1CCNCC1NC(N)=O. The van der Waals surface area contributed by atoms with E-state index in [1.807, 2.05) is 7.05 Å². The van der Waals surface area contributed by atoms with Crippen molar-refractivity contribution in [3.05, 3.63) is 0 Å². The molecule has 2 amide bonds. The Kier molecular flexibility index (Phi) is 2.67.